The molecular weight excluding hydrogens is 212 g/mol. The molecule has 0 radical (unpaired) electrons. The zero-order chi connectivity index (χ0) is 12.3. The van der Waals surface area contributed by atoms with Crippen LogP contribution in [0.2, 0.25) is 0 Å². The summed E-state index contributed by atoms with van der Waals surface area (Å²) in [7, 11) is 1.82. The van der Waals surface area contributed by atoms with Gasteiger partial charge in [-0.1, -0.05) is 19.4 Å². The van der Waals surface area contributed by atoms with E-state index in [1.165, 1.54) is 37.8 Å². The Kier molecular flexibility index (Phi) is 4.00. The van der Waals surface area contributed by atoms with Crippen LogP contribution in [0.15, 0.2) is 23.1 Å². The van der Waals surface area contributed by atoms with Crippen LogP contribution in [-0.4, -0.2) is 22.1 Å². The van der Waals surface area contributed by atoms with Crippen molar-refractivity contribution in [2.24, 2.45) is 7.05 Å². The summed E-state index contributed by atoms with van der Waals surface area (Å²) in [5.74, 6) is 0. The Morgan fingerprint density at radius 1 is 1.35 bits per heavy atom. The first-order valence-electron chi connectivity index (χ1n) is 6.60. The van der Waals surface area contributed by atoms with Gasteiger partial charge in [0.15, 0.2) is 0 Å². The first-order valence-corrected chi connectivity index (χ1v) is 6.60. The number of rotatable bonds is 3. The Morgan fingerprint density at radius 3 is 2.88 bits per heavy atom. The van der Waals surface area contributed by atoms with E-state index >= 15 is 0 Å². The highest BCUT2D eigenvalue weighted by atomic mass is 16.1. The van der Waals surface area contributed by atoms with E-state index in [1.54, 1.807) is 10.6 Å². The third-order valence-electron chi connectivity index (χ3n) is 3.75. The minimum absolute atomic E-state index is 0.0689. The second-order valence-corrected chi connectivity index (χ2v) is 5.01. The quantitative estimate of drug-likeness (QED) is 0.800. The topological polar surface area (TPSA) is 25.2 Å². The average molecular weight is 234 g/mol. The molecule has 1 unspecified atom stereocenters. The minimum Gasteiger partial charge on any atom is -0.318 e. The number of nitrogens with zero attached hydrogens (tertiary/aromatic N) is 2. The second kappa shape index (κ2) is 5.50. The molecule has 3 heteroatoms. The smallest absolute Gasteiger partial charge is 0.250 e. The summed E-state index contributed by atoms with van der Waals surface area (Å²) in [6, 6.07) is 4.35. The molecule has 1 aromatic heterocycles. The van der Waals surface area contributed by atoms with Gasteiger partial charge in [-0.15, -0.1) is 0 Å². The van der Waals surface area contributed by atoms with Gasteiger partial charge in [-0.05, 0) is 31.4 Å². The van der Waals surface area contributed by atoms with Crippen molar-refractivity contribution in [3.63, 3.8) is 0 Å². The van der Waals surface area contributed by atoms with Gasteiger partial charge in [0.05, 0.1) is 0 Å². The minimum atomic E-state index is 0.0689. The second-order valence-electron chi connectivity index (χ2n) is 5.01. The van der Waals surface area contributed by atoms with Crippen LogP contribution in [0.4, 0.5) is 0 Å². The van der Waals surface area contributed by atoms with E-state index < -0.39 is 0 Å². The molecule has 0 spiro atoms. The predicted molar refractivity (Wildman–Crippen MR) is 70.0 cm³/mol. The lowest BCUT2D eigenvalue weighted by Crippen LogP contribution is -2.38. The lowest BCUT2D eigenvalue weighted by molar-refractivity contribution is 0.136. The summed E-state index contributed by atoms with van der Waals surface area (Å²) >= 11 is 0. The molecule has 1 aromatic rings. The van der Waals surface area contributed by atoms with E-state index in [2.05, 4.69) is 11.8 Å². The molecule has 0 saturated carbocycles. The monoisotopic (exact) mass is 234 g/mol. The predicted octanol–water partition coefficient (Wildman–Crippen LogP) is 2.15. The zero-order valence-corrected chi connectivity index (χ0v) is 10.9. The van der Waals surface area contributed by atoms with Crippen molar-refractivity contribution in [1.29, 1.82) is 0 Å². The highest BCUT2D eigenvalue weighted by molar-refractivity contribution is 5.10. The average Bonchev–Trinajstić information content (AvgIpc) is 2.34. The van der Waals surface area contributed by atoms with Crippen molar-refractivity contribution < 1.29 is 0 Å². The molecule has 2 rings (SSSR count). The van der Waals surface area contributed by atoms with Gasteiger partial charge in [-0.2, -0.15) is 0 Å². The largest absolute Gasteiger partial charge is 0.318 e. The van der Waals surface area contributed by atoms with Crippen LogP contribution in [0.5, 0.6) is 0 Å². The number of hydrogen-bond acceptors (Lipinski definition) is 2. The van der Waals surface area contributed by atoms with Crippen LogP contribution in [-0.2, 0) is 13.6 Å². The molecule has 2 heterocycles. The lowest BCUT2D eigenvalue weighted by Gasteiger charge is -2.35. The van der Waals surface area contributed by atoms with E-state index in [0.717, 1.165) is 12.6 Å². The van der Waals surface area contributed by atoms with Crippen molar-refractivity contribution in [2.45, 2.75) is 45.2 Å². The number of piperidine rings is 1. The summed E-state index contributed by atoms with van der Waals surface area (Å²) in [6.45, 7) is 4.44. The Hall–Kier alpha value is -1.09. The van der Waals surface area contributed by atoms with Crippen LogP contribution in [0.1, 0.15) is 38.2 Å². The van der Waals surface area contributed by atoms with Gasteiger partial charge in [-0.25, -0.2) is 0 Å². The molecule has 1 aliphatic heterocycles. The van der Waals surface area contributed by atoms with Crippen LogP contribution < -0.4 is 5.56 Å². The SMILES string of the molecule is CCC1CCCCN1Cc1ccc(=O)n(C)c1. The highest BCUT2D eigenvalue weighted by Gasteiger charge is 2.20. The van der Waals surface area contributed by atoms with Gasteiger partial charge in [0.1, 0.15) is 0 Å². The van der Waals surface area contributed by atoms with Crippen molar-refractivity contribution >= 4 is 0 Å². The summed E-state index contributed by atoms with van der Waals surface area (Å²) in [5, 5.41) is 0. The summed E-state index contributed by atoms with van der Waals surface area (Å²) < 4.78 is 1.67. The first kappa shape index (κ1) is 12.4. The maximum atomic E-state index is 11.3. The maximum absolute atomic E-state index is 11.3. The van der Waals surface area contributed by atoms with Crippen LogP contribution in [0, 0.1) is 0 Å². The maximum Gasteiger partial charge on any atom is 0.250 e. The Balaban J connectivity index is 2.08. The summed E-state index contributed by atoms with van der Waals surface area (Å²) in [6.07, 6.45) is 7.18. The standard InChI is InChI=1S/C14H22N2O/c1-3-13-6-4-5-9-16(13)11-12-7-8-14(17)15(2)10-12/h7-8,10,13H,3-6,9,11H2,1-2H3. The van der Waals surface area contributed by atoms with Crippen molar-refractivity contribution in [3.8, 4) is 0 Å². The molecule has 0 amide bonds. The van der Waals surface area contributed by atoms with Crippen LogP contribution in [0.25, 0.3) is 0 Å². The first-order chi connectivity index (χ1) is 8.20. The van der Waals surface area contributed by atoms with Crippen molar-refractivity contribution in [2.75, 3.05) is 6.54 Å². The molecular formula is C14H22N2O. The Bertz CT molecular complexity index is 424. The molecule has 0 bridgehead atoms. The third-order valence-corrected chi connectivity index (χ3v) is 3.75. The van der Waals surface area contributed by atoms with Gasteiger partial charge in [0, 0.05) is 31.9 Å². The number of pyridine rings is 1. The highest BCUT2D eigenvalue weighted by Crippen LogP contribution is 2.21. The van der Waals surface area contributed by atoms with Gasteiger partial charge >= 0.3 is 0 Å². The van der Waals surface area contributed by atoms with Gasteiger partial charge in [0.2, 0.25) is 5.56 Å². The molecule has 94 valence electrons. The van der Waals surface area contributed by atoms with Crippen molar-refractivity contribution in [3.05, 3.63) is 34.2 Å². The van der Waals surface area contributed by atoms with Crippen molar-refractivity contribution in [1.82, 2.24) is 9.47 Å². The van der Waals surface area contributed by atoms with E-state index in [4.69, 9.17) is 0 Å². The van der Waals surface area contributed by atoms with E-state index in [1.807, 2.05) is 19.3 Å². The number of aromatic nitrogens is 1. The van der Waals surface area contributed by atoms with Gasteiger partial charge in [0.25, 0.3) is 0 Å². The van der Waals surface area contributed by atoms with E-state index in [9.17, 15) is 4.79 Å². The Labute approximate surface area is 103 Å². The fraction of sp³-hybridized carbons (Fsp3) is 0.643. The number of aryl methyl sites for hydroxylation is 1. The molecule has 1 aliphatic rings. The summed E-state index contributed by atoms with van der Waals surface area (Å²) in [4.78, 5) is 13.9. The molecule has 0 N–H and O–H groups in total. The lowest BCUT2D eigenvalue weighted by atomic mass is 9.99. The van der Waals surface area contributed by atoms with Crippen LogP contribution >= 0.6 is 0 Å². The fourth-order valence-electron chi connectivity index (χ4n) is 2.71. The molecule has 0 aromatic carbocycles. The zero-order valence-electron chi connectivity index (χ0n) is 10.9. The normalized spacial score (nSPS) is 21.6. The molecule has 1 saturated heterocycles. The number of hydrogen-bond donors (Lipinski definition) is 0. The third kappa shape index (κ3) is 2.97. The van der Waals surface area contributed by atoms with E-state index in [0.29, 0.717) is 0 Å². The Morgan fingerprint density at radius 2 is 2.18 bits per heavy atom. The molecule has 0 aliphatic carbocycles. The number of likely N-dealkylation sites (tertiary alicyclic amines) is 1. The van der Waals surface area contributed by atoms with Gasteiger partial charge < -0.3 is 4.57 Å². The van der Waals surface area contributed by atoms with Gasteiger partial charge in [-0.3, -0.25) is 9.69 Å². The van der Waals surface area contributed by atoms with Crippen LogP contribution in [0.3, 0.4) is 0 Å². The molecule has 17 heavy (non-hydrogen) atoms. The van der Waals surface area contributed by atoms with E-state index in [-0.39, 0.29) is 5.56 Å². The molecule has 1 fully saturated rings. The fourth-order valence-corrected chi connectivity index (χ4v) is 2.71. The molecule has 1 atom stereocenters. The summed E-state index contributed by atoms with van der Waals surface area (Å²) in [5.41, 5.74) is 1.31. The molecule has 3 nitrogen and oxygen atoms in total.